The Hall–Kier alpha value is -3.24. The van der Waals surface area contributed by atoms with Gasteiger partial charge >= 0.3 is 4.94 Å². The van der Waals surface area contributed by atoms with E-state index < -0.39 is 20.9 Å². The van der Waals surface area contributed by atoms with Gasteiger partial charge in [-0.05, 0) is 36.4 Å². The summed E-state index contributed by atoms with van der Waals surface area (Å²) < 4.78 is 34.2. The first-order valence-corrected chi connectivity index (χ1v) is 12.7. The molecule has 2 heterocycles. The monoisotopic (exact) mass is 530 g/mol. The number of benzene rings is 3. The molecule has 0 saturated carbocycles. The zero-order valence-electron chi connectivity index (χ0n) is 16.9. The van der Waals surface area contributed by atoms with Crippen LogP contribution in [0.15, 0.2) is 87.2 Å². The number of halogens is 2. The highest BCUT2D eigenvalue weighted by Gasteiger charge is 2.34. The molecule has 0 aliphatic carbocycles. The molecule has 0 atom stereocenters. The molecule has 0 saturated heterocycles. The molecule has 0 aliphatic heterocycles. The maximum atomic E-state index is 13.9. The zero-order chi connectivity index (χ0) is 24.0. The van der Waals surface area contributed by atoms with Gasteiger partial charge in [-0.15, -0.1) is 0 Å². The Morgan fingerprint density at radius 3 is 2.44 bits per heavy atom. The normalized spacial score (nSPS) is 11.7. The molecule has 0 fully saturated rings. The van der Waals surface area contributed by atoms with Gasteiger partial charge in [0.05, 0.1) is 30.9 Å². The molecule has 0 aliphatic rings. The molecule has 7 nitrogen and oxygen atoms in total. The standard InChI is InChI=1S/C23H12Cl2N2O5S2/c24-17-8-7-14(10-18(17)25)34(30,31)27(22(28)13-4-3-9-26-12-13)19-11-20-21(32-23(29)33-20)16-6-2-1-5-15(16)19/h1-12H. The lowest BCUT2D eigenvalue weighted by Gasteiger charge is -2.24. The number of carbonyl (C=O) groups excluding carboxylic acids is 1. The summed E-state index contributed by atoms with van der Waals surface area (Å²) in [6.07, 6.45) is 2.75. The average Bonchev–Trinajstić information content (AvgIpc) is 3.21. The van der Waals surface area contributed by atoms with Crippen molar-refractivity contribution in [1.82, 2.24) is 4.98 Å². The Kier molecular flexibility index (Phi) is 5.65. The highest BCUT2D eigenvalue weighted by atomic mass is 35.5. The van der Waals surface area contributed by atoms with E-state index in [1.807, 2.05) is 0 Å². The maximum absolute atomic E-state index is 13.9. The number of anilines is 1. The van der Waals surface area contributed by atoms with Gasteiger partial charge in [0, 0.05) is 23.2 Å². The third kappa shape index (κ3) is 3.76. The highest BCUT2D eigenvalue weighted by Crippen LogP contribution is 2.39. The predicted octanol–water partition coefficient (Wildman–Crippen LogP) is 5.75. The van der Waals surface area contributed by atoms with E-state index in [1.54, 1.807) is 24.3 Å². The minimum Gasteiger partial charge on any atom is -0.413 e. The van der Waals surface area contributed by atoms with Crippen LogP contribution in [0.3, 0.4) is 0 Å². The van der Waals surface area contributed by atoms with Crippen LogP contribution in [0.25, 0.3) is 21.1 Å². The van der Waals surface area contributed by atoms with Crippen molar-refractivity contribution < 1.29 is 17.6 Å². The van der Waals surface area contributed by atoms with Crippen molar-refractivity contribution in [3.8, 4) is 0 Å². The fraction of sp³-hybridized carbons (Fsp3) is 0. The van der Waals surface area contributed by atoms with Gasteiger partial charge in [-0.3, -0.25) is 9.78 Å². The van der Waals surface area contributed by atoms with Crippen LogP contribution >= 0.6 is 34.5 Å². The zero-order valence-corrected chi connectivity index (χ0v) is 20.1. The quantitative estimate of drug-likeness (QED) is 0.293. The van der Waals surface area contributed by atoms with Crippen LogP contribution < -0.4 is 9.24 Å². The first kappa shape index (κ1) is 22.5. The van der Waals surface area contributed by atoms with Gasteiger partial charge in [0.1, 0.15) is 0 Å². The van der Waals surface area contributed by atoms with Crippen LogP contribution in [-0.2, 0) is 10.0 Å². The molecule has 0 N–H and O–H groups in total. The number of sulfonamides is 1. The van der Waals surface area contributed by atoms with E-state index in [0.717, 1.165) is 11.3 Å². The van der Waals surface area contributed by atoms with E-state index in [2.05, 4.69) is 4.98 Å². The number of amides is 1. The number of fused-ring (bicyclic) bond motifs is 3. The minimum atomic E-state index is -4.49. The van der Waals surface area contributed by atoms with Gasteiger partial charge in [0.25, 0.3) is 15.9 Å². The van der Waals surface area contributed by atoms with Crippen LogP contribution in [0, 0.1) is 0 Å². The molecule has 2 aromatic heterocycles. The molecular formula is C23H12Cl2N2O5S2. The third-order valence-corrected chi connectivity index (χ3v) is 8.26. The van der Waals surface area contributed by atoms with E-state index >= 15 is 0 Å². The van der Waals surface area contributed by atoms with E-state index in [9.17, 15) is 18.0 Å². The van der Waals surface area contributed by atoms with Crippen molar-refractivity contribution in [3.05, 3.63) is 98.4 Å². The lowest BCUT2D eigenvalue weighted by molar-refractivity contribution is 0.100. The van der Waals surface area contributed by atoms with Crippen molar-refractivity contribution in [3.63, 3.8) is 0 Å². The van der Waals surface area contributed by atoms with Crippen LogP contribution in [0.5, 0.6) is 0 Å². The Bertz CT molecular complexity index is 1750. The summed E-state index contributed by atoms with van der Waals surface area (Å²) in [5.41, 5.74) is 0.422. The molecule has 3 aromatic carbocycles. The first-order valence-electron chi connectivity index (χ1n) is 9.67. The number of rotatable bonds is 4. The summed E-state index contributed by atoms with van der Waals surface area (Å²) >= 11 is 12.9. The first-order chi connectivity index (χ1) is 16.3. The molecule has 0 radical (unpaired) electrons. The third-order valence-electron chi connectivity index (χ3n) is 5.06. The van der Waals surface area contributed by atoms with E-state index in [4.69, 9.17) is 27.6 Å². The molecule has 11 heteroatoms. The van der Waals surface area contributed by atoms with Gasteiger partial charge in [0.15, 0.2) is 5.58 Å². The summed E-state index contributed by atoms with van der Waals surface area (Å²) in [5.74, 6) is -0.834. The van der Waals surface area contributed by atoms with Gasteiger partial charge < -0.3 is 4.42 Å². The van der Waals surface area contributed by atoms with Crippen LogP contribution in [0.1, 0.15) is 10.4 Å². The molecular weight excluding hydrogens is 519 g/mol. The molecule has 170 valence electrons. The second-order valence-corrected chi connectivity index (χ2v) is 10.7. The van der Waals surface area contributed by atoms with Crippen molar-refractivity contribution >= 4 is 77.2 Å². The van der Waals surface area contributed by atoms with Gasteiger partial charge in [-0.25, -0.2) is 13.2 Å². The Balaban J connectivity index is 1.85. The van der Waals surface area contributed by atoms with Crippen LogP contribution in [-0.4, -0.2) is 19.3 Å². The number of nitrogens with zero attached hydrogens (tertiary/aromatic N) is 2. The smallest absolute Gasteiger partial charge is 0.396 e. The van der Waals surface area contributed by atoms with Gasteiger partial charge in [-0.1, -0.05) is 58.8 Å². The molecule has 1 amide bonds. The Morgan fingerprint density at radius 2 is 1.74 bits per heavy atom. The number of hydrogen-bond donors (Lipinski definition) is 0. The Labute approximate surface area is 206 Å². The van der Waals surface area contributed by atoms with E-state index in [1.165, 1.54) is 48.8 Å². The highest BCUT2D eigenvalue weighted by molar-refractivity contribution is 7.93. The predicted molar refractivity (Wildman–Crippen MR) is 133 cm³/mol. The number of pyridine rings is 1. The number of carbonyl (C=O) groups is 1. The number of hydrogen-bond acceptors (Lipinski definition) is 7. The topological polar surface area (TPSA) is 97.6 Å². The molecule has 0 bridgehead atoms. The van der Waals surface area contributed by atoms with Crippen LogP contribution in [0.2, 0.25) is 10.0 Å². The number of aromatic nitrogens is 1. The van der Waals surface area contributed by atoms with Crippen LogP contribution in [0.4, 0.5) is 5.69 Å². The van der Waals surface area contributed by atoms with Crippen molar-refractivity contribution in [1.29, 1.82) is 0 Å². The second kappa shape index (κ2) is 8.52. The fourth-order valence-corrected chi connectivity index (χ4v) is 6.08. The maximum Gasteiger partial charge on any atom is 0.396 e. The van der Waals surface area contributed by atoms with Gasteiger partial charge in [0.2, 0.25) is 0 Å². The molecule has 5 aromatic rings. The minimum absolute atomic E-state index is 0.0184. The largest absolute Gasteiger partial charge is 0.413 e. The SMILES string of the molecule is O=C(c1cccnc1)N(c1cc2sc(=O)oc2c2ccccc12)S(=O)(=O)c1ccc(Cl)c(Cl)c1. The summed E-state index contributed by atoms with van der Waals surface area (Å²) in [4.78, 5) is 28.8. The molecule has 34 heavy (non-hydrogen) atoms. The van der Waals surface area contributed by atoms with Gasteiger partial charge in [-0.2, -0.15) is 4.31 Å². The van der Waals surface area contributed by atoms with E-state index in [-0.39, 0.29) is 26.2 Å². The molecule has 5 rings (SSSR count). The summed E-state index contributed by atoms with van der Waals surface area (Å²) in [6.45, 7) is 0. The molecule has 0 unspecified atom stereocenters. The summed E-state index contributed by atoms with van der Waals surface area (Å²) in [7, 11) is -4.49. The lowest BCUT2D eigenvalue weighted by atomic mass is 10.1. The summed E-state index contributed by atoms with van der Waals surface area (Å²) in [5, 5.41) is 1.07. The second-order valence-electron chi connectivity index (χ2n) is 7.11. The molecule has 0 spiro atoms. The lowest BCUT2D eigenvalue weighted by Crippen LogP contribution is -2.37. The van der Waals surface area contributed by atoms with Crippen molar-refractivity contribution in [2.75, 3.05) is 4.31 Å². The van der Waals surface area contributed by atoms with E-state index in [0.29, 0.717) is 25.4 Å². The van der Waals surface area contributed by atoms with Crippen molar-refractivity contribution in [2.45, 2.75) is 4.90 Å². The summed E-state index contributed by atoms with van der Waals surface area (Å²) in [6, 6.07) is 15.0. The Morgan fingerprint density at radius 1 is 0.971 bits per heavy atom. The van der Waals surface area contributed by atoms with Crippen molar-refractivity contribution in [2.24, 2.45) is 0 Å². The average molecular weight is 531 g/mol. The fourth-order valence-electron chi connectivity index (χ4n) is 3.55.